The fourth-order valence-electron chi connectivity index (χ4n) is 1.45. The number of rotatable bonds is 8. The lowest BCUT2D eigenvalue weighted by Crippen LogP contribution is -2.10. The molecule has 5 nitrogen and oxygen atoms in total. The van der Waals surface area contributed by atoms with E-state index >= 15 is 0 Å². The summed E-state index contributed by atoms with van der Waals surface area (Å²) in [6, 6.07) is 0. The predicted molar refractivity (Wildman–Crippen MR) is 72.4 cm³/mol. The first-order chi connectivity index (χ1) is 8.70. The maximum Gasteiger partial charge on any atom is 0.343 e. The van der Waals surface area contributed by atoms with E-state index in [2.05, 4.69) is 9.69 Å². The highest BCUT2D eigenvalue weighted by Gasteiger charge is 2.19. The molecule has 0 aliphatic rings. The number of hydrogen-bond donors (Lipinski definition) is 1. The van der Waals surface area contributed by atoms with E-state index in [1.165, 1.54) is 11.5 Å². The van der Waals surface area contributed by atoms with Crippen LogP contribution in [0.5, 0.6) is 0 Å². The van der Waals surface area contributed by atoms with Crippen molar-refractivity contribution in [2.24, 2.45) is 0 Å². The van der Waals surface area contributed by atoms with Crippen LogP contribution in [0.4, 0.5) is 5.00 Å². The van der Waals surface area contributed by atoms with E-state index in [-0.39, 0.29) is 5.97 Å². The number of aromatic nitrogens is 1. The fourth-order valence-corrected chi connectivity index (χ4v) is 2.26. The van der Waals surface area contributed by atoms with Crippen molar-refractivity contribution in [2.45, 2.75) is 27.2 Å². The average Bonchev–Trinajstić information content (AvgIpc) is 2.71. The third-order valence-electron chi connectivity index (χ3n) is 2.30. The Labute approximate surface area is 112 Å². The van der Waals surface area contributed by atoms with Crippen molar-refractivity contribution in [3.8, 4) is 0 Å². The minimum absolute atomic E-state index is 0.309. The Morgan fingerprint density at radius 2 is 2.17 bits per heavy atom. The standard InChI is InChI=1S/C12H20N2O3S/c1-4-16-8-6-7-13-11-10(9(3)14-18-11)12(15)17-5-2/h13H,4-8H2,1-3H3. The zero-order valence-electron chi connectivity index (χ0n) is 11.1. The molecule has 0 atom stereocenters. The lowest BCUT2D eigenvalue weighted by Gasteiger charge is -2.06. The van der Waals surface area contributed by atoms with Crippen molar-refractivity contribution in [1.29, 1.82) is 0 Å². The van der Waals surface area contributed by atoms with Crippen LogP contribution in [0.3, 0.4) is 0 Å². The zero-order valence-corrected chi connectivity index (χ0v) is 11.9. The van der Waals surface area contributed by atoms with Gasteiger partial charge < -0.3 is 14.8 Å². The minimum Gasteiger partial charge on any atom is -0.462 e. The summed E-state index contributed by atoms with van der Waals surface area (Å²) >= 11 is 1.29. The average molecular weight is 272 g/mol. The minimum atomic E-state index is -0.309. The van der Waals surface area contributed by atoms with E-state index in [1.807, 2.05) is 13.8 Å². The number of carbonyl (C=O) groups excluding carboxylic acids is 1. The van der Waals surface area contributed by atoms with Gasteiger partial charge in [0, 0.05) is 19.8 Å². The quantitative estimate of drug-likeness (QED) is 0.582. The highest BCUT2D eigenvalue weighted by atomic mass is 32.1. The lowest BCUT2D eigenvalue weighted by atomic mass is 10.2. The van der Waals surface area contributed by atoms with Crippen molar-refractivity contribution >= 4 is 22.5 Å². The number of anilines is 1. The highest BCUT2D eigenvalue weighted by molar-refractivity contribution is 7.10. The van der Waals surface area contributed by atoms with E-state index in [4.69, 9.17) is 9.47 Å². The Morgan fingerprint density at radius 1 is 1.39 bits per heavy atom. The summed E-state index contributed by atoms with van der Waals surface area (Å²) in [6.07, 6.45) is 0.896. The Morgan fingerprint density at radius 3 is 2.83 bits per heavy atom. The normalized spacial score (nSPS) is 10.4. The molecule has 1 rings (SSSR count). The molecule has 1 heterocycles. The molecule has 0 unspecified atom stereocenters. The van der Waals surface area contributed by atoms with E-state index < -0.39 is 0 Å². The smallest absolute Gasteiger partial charge is 0.343 e. The first-order valence-corrected chi connectivity index (χ1v) is 6.93. The number of nitrogens with zero attached hydrogens (tertiary/aromatic N) is 1. The summed E-state index contributed by atoms with van der Waals surface area (Å²) < 4.78 is 14.4. The van der Waals surface area contributed by atoms with E-state index in [9.17, 15) is 4.79 Å². The molecule has 0 spiro atoms. The van der Waals surface area contributed by atoms with Crippen LogP contribution in [0.25, 0.3) is 0 Å². The van der Waals surface area contributed by atoms with Gasteiger partial charge in [-0.2, -0.15) is 4.37 Å². The molecular weight excluding hydrogens is 252 g/mol. The molecule has 0 amide bonds. The predicted octanol–water partition coefficient (Wildman–Crippen LogP) is 2.47. The van der Waals surface area contributed by atoms with E-state index in [1.54, 1.807) is 6.92 Å². The first-order valence-electron chi connectivity index (χ1n) is 6.15. The molecule has 0 aliphatic heterocycles. The Kier molecular flexibility index (Phi) is 6.67. The Hall–Kier alpha value is -1.14. The highest BCUT2D eigenvalue weighted by Crippen LogP contribution is 2.25. The van der Waals surface area contributed by atoms with E-state index in [0.29, 0.717) is 17.9 Å². The summed E-state index contributed by atoms with van der Waals surface area (Å²) in [5.41, 5.74) is 1.27. The Bertz CT molecular complexity index is 379. The molecule has 0 aromatic carbocycles. The van der Waals surface area contributed by atoms with Gasteiger partial charge in [-0.15, -0.1) is 0 Å². The molecule has 0 fully saturated rings. The van der Waals surface area contributed by atoms with Gasteiger partial charge in [-0.05, 0) is 38.7 Å². The lowest BCUT2D eigenvalue weighted by molar-refractivity contribution is 0.0527. The summed E-state index contributed by atoms with van der Waals surface area (Å²) in [7, 11) is 0. The van der Waals surface area contributed by atoms with Crippen LogP contribution in [0.2, 0.25) is 0 Å². The second kappa shape index (κ2) is 8.05. The topological polar surface area (TPSA) is 60.5 Å². The van der Waals surface area contributed by atoms with Gasteiger partial charge in [-0.3, -0.25) is 0 Å². The molecule has 6 heteroatoms. The summed E-state index contributed by atoms with van der Waals surface area (Å²) in [4.78, 5) is 11.8. The Balaban J connectivity index is 2.52. The van der Waals surface area contributed by atoms with Crippen LogP contribution in [-0.4, -0.2) is 36.7 Å². The van der Waals surface area contributed by atoms with Gasteiger partial charge in [0.1, 0.15) is 10.6 Å². The number of hydrogen-bond acceptors (Lipinski definition) is 6. The molecule has 0 saturated carbocycles. The molecule has 1 aromatic rings. The van der Waals surface area contributed by atoms with Crippen molar-refractivity contribution in [3.05, 3.63) is 11.3 Å². The van der Waals surface area contributed by atoms with Crippen LogP contribution in [0, 0.1) is 6.92 Å². The molecular formula is C12H20N2O3S. The van der Waals surface area contributed by atoms with Crippen LogP contribution >= 0.6 is 11.5 Å². The molecule has 1 aromatic heterocycles. The van der Waals surface area contributed by atoms with Gasteiger partial charge in [-0.25, -0.2) is 4.79 Å². The third-order valence-corrected chi connectivity index (χ3v) is 3.19. The summed E-state index contributed by atoms with van der Waals surface area (Å²) in [6.45, 7) is 8.16. The maximum absolute atomic E-state index is 11.8. The molecule has 1 N–H and O–H groups in total. The molecule has 18 heavy (non-hydrogen) atoms. The molecule has 102 valence electrons. The van der Waals surface area contributed by atoms with Crippen molar-refractivity contribution in [1.82, 2.24) is 4.37 Å². The second-order valence-electron chi connectivity index (χ2n) is 3.67. The van der Waals surface area contributed by atoms with Gasteiger partial charge >= 0.3 is 5.97 Å². The van der Waals surface area contributed by atoms with Crippen LogP contribution in [0.15, 0.2) is 0 Å². The molecule has 0 aliphatic carbocycles. The van der Waals surface area contributed by atoms with Crippen LogP contribution < -0.4 is 5.32 Å². The zero-order chi connectivity index (χ0) is 13.4. The van der Waals surface area contributed by atoms with Gasteiger partial charge in [-0.1, -0.05) is 0 Å². The maximum atomic E-state index is 11.8. The van der Waals surface area contributed by atoms with Gasteiger partial charge in [0.25, 0.3) is 0 Å². The molecule has 0 bridgehead atoms. The number of nitrogens with one attached hydrogen (secondary N) is 1. The number of ether oxygens (including phenoxy) is 2. The van der Waals surface area contributed by atoms with Gasteiger partial charge in [0.05, 0.1) is 12.3 Å². The molecule has 0 radical (unpaired) electrons. The number of carbonyl (C=O) groups is 1. The summed E-state index contributed by atoms with van der Waals surface area (Å²) in [5.74, 6) is -0.309. The van der Waals surface area contributed by atoms with Crippen molar-refractivity contribution in [3.63, 3.8) is 0 Å². The van der Waals surface area contributed by atoms with Crippen LogP contribution in [0.1, 0.15) is 36.3 Å². The molecule has 0 saturated heterocycles. The number of esters is 1. The van der Waals surface area contributed by atoms with Gasteiger partial charge in [0.15, 0.2) is 0 Å². The summed E-state index contributed by atoms with van der Waals surface area (Å²) in [5, 5.41) is 3.99. The monoisotopic (exact) mass is 272 g/mol. The fraction of sp³-hybridized carbons (Fsp3) is 0.667. The van der Waals surface area contributed by atoms with Gasteiger partial charge in [0.2, 0.25) is 0 Å². The van der Waals surface area contributed by atoms with Crippen molar-refractivity contribution < 1.29 is 14.3 Å². The van der Waals surface area contributed by atoms with E-state index in [0.717, 1.165) is 31.2 Å². The van der Waals surface area contributed by atoms with Crippen molar-refractivity contribution in [2.75, 3.05) is 31.7 Å². The third kappa shape index (κ3) is 4.27. The van der Waals surface area contributed by atoms with Crippen LogP contribution in [-0.2, 0) is 9.47 Å². The largest absolute Gasteiger partial charge is 0.462 e. The second-order valence-corrected chi connectivity index (χ2v) is 4.44. The first kappa shape index (κ1) is 14.9. The number of aryl methyl sites for hydroxylation is 1. The SMILES string of the molecule is CCOCCCNc1snc(C)c1C(=O)OCC.